The zero-order valence-electron chi connectivity index (χ0n) is 13.5. The number of carbonyl (C=O) groups is 1. The van der Waals surface area contributed by atoms with E-state index in [-0.39, 0.29) is 17.5 Å². The Bertz CT molecular complexity index is 731. The summed E-state index contributed by atoms with van der Waals surface area (Å²) in [6.45, 7) is 2.87. The summed E-state index contributed by atoms with van der Waals surface area (Å²) >= 11 is 1.35. The standard InChI is InChI=1S/C16H20FN5OS/c1-2-21(9-11-4-3-5-12(17)8-11)14(23)10-24-16-20-19-15(18)22(16)13-6-7-13/h3-5,8,13H,2,6-7,9-10H2,1H3,(H2,18,19). The monoisotopic (exact) mass is 349 g/mol. The molecule has 0 spiro atoms. The number of rotatable bonds is 7. The number of thioether (sulfide) groups is 1. The number of nitrogen functional groups attached to an aromatic ring is 1. The molecule has 1 aromatic carbocycles. The van der Waals surface area contributed by atoms with Gasteiger partial charge in [0.15, 0.2) is 5.16 Å². The summed E-state index contributed by atoms with van der Waals surface area (Å²) in [7, 11) is 0. The molecule has 0 unspecified atom stereocenters. The minimum atomic E-state index is -0.293. The van der Waals surface area contributed by atoms with E-state index in [9.17, 15) is 9.18 Å². The van der Waals surface area contributed by atoms with Crippen molar-refractivity contribution in [2.24, 2.45) is 0 Å². The third kappa shape index (κ3) is 3.87. The predicted octanol–water partition coefficient (Wildman–Crippen LogP) is 2.48. The molecule has 8 heteroatoms. The normalized spacial score (nSPS) is 13.9. The Labute approximate surface area is 144 Å². The Morgan fingerprint density at radius 2 is 2.25 bits per heavy atom. The molecule has 6 nitrogen and oxygen atoms in total. The van der Waals surface area contributed by atoms with Crippen LogP contribution in [0.3, 0.4) is 0 Å². The van der Waals surface area contributed by atoms with Gasteiger partial charge in [0, 0.05) is 19.1 Å². The average molecular weight is 349 g/mol. The molecular formula is C16H20FN5OS. The van der Waals surface area contributed by atoms with Gasteiger partial charge in [0.2, 0.25) is 11.9 Å². The van der Waals surface area contributed by atoms with Crippen molar-refractivity contribution < 1.29 is 9.18 Å². The number of hydrogen-bond acceptors (Lipinski definition) is 5. The lowest BCUT2D eigenvalue weighted by atomic mass is 10.2. The molecule has 1 aromatic heterocycles. The first-order valence-corrected chi connectivity index (χ1v) is 8.92. The third-order valence-corrected chi connectivity index (χ3v) is 4.85. The van der Waals surface area contributed by atoms with Gasteiger partial charge < -0.3 is 10.6 Å². The molecule has 24 heavy (non-hydrogen) atoms. The highest BCUT2D eigenvalue weighted by atomic mass is 32.2. The van der Waals surface area contributed by atoms with E-state index in [1.165, 1.54) is 23.9 Å². The van der Waals surface area contributed by atoms with E-state index in [1.807, 2.05) is 17.6 Å². The van der Waals surface area contributed by atoms with Crippen molar-refractivity contribution in [3.63, 3.8) is 0 Å². The fraction of sp³-hybridized carbons (Fsp3) is 0.438. The lowest BCUT2D eigenvalue weighted by Gasteiger charge is -2.21. The maximum Gasteiger partial charge on any atom is 0.233 e. The summed E-state index contributed by atoms with van der Waals surface area (Å²) in [5.74, 6) is 0.349. The number of hydrogen-bond donors (Lipinski definition) is 1. The summed E-state index contributed by atoms with van der Waals surface area (Å²) in [5, 5.41) is 8.65. The van der Waals surface area contributed by atoms with Crippen LogP contribution in [0.1, 0.15) is 31.4 Å². The second-order valence-corrected chi connectivity index (χ2v) is 6.71. The second kappa shape index (κ2) is 7.21. The summed E-state index contributed by atoms with van der Waals surface area (Å²) in [6, 6.07) is 6.68. The molecule has 0 aliphatic heterocycles. The van der Waals surface area contributed by atoms with Crippen LogP contribution in [-0.4, -0.2) is 37.9 Å². The summed E-state index contributed by atoms with van der Waals surface area (Å²) in [4.78, 5) is 14.2. The van der Waals surface area contributed by atoms with Crippen molar-refractivity contribution in [1.29, 1.82) is 0 Å². The van der Waals surface area contributed by atoms with E-state index in [4.69, 9.17) is 5.73 Å². The summed E-state index contributed by atoms with van der Waals surface area (Å²) in [6.07, 6.45) is 2.15. The molecule has 3 rings (SSSR count). The van der Waals surface area contributed by atoms with Crippen LogP contribution in [-0.2, 0) is 11.3 Å². The summed E-state index contributed by atoms with van der Waals surface area (Å²) in [5.41, 5.74) is 6.61. The average Bonchev–Trinajstić information content (AvgIpc) is 3.33. The molecule has 0 saturated heterocycles. The van der Waals surface area contributed by atoms with Crippen molar-refractivity contribution in [2.75, 3.05) is 18.0 Å². The third-order valence-electron chi connectivity index (χ3n) is 3.92. The number of amides is 1. The molecule has 1 fully saturated rings. The number of aromatic nitrogens is 3. The SMILES string of the molecule is CCN(Cc1cccc(F)c1)C(=O)CSc1nnc(N)n1C1CC1. The molecule has 1 heterocycles. The minimum absolute atomic E-state index is 0.0179. The van der Waals surface area contributed by atoms with Gasteiger partial charge in [-0.15, -0.1) is 10.2 Å². The quantitative estimate of drug-likeness (QED) is 0.777. The number of benzene rings is 1. The number of nitrogens with two attached hydrogens (primary N) is 1. The topological polar surface area (TPSA) is 77.0 Å². The second-order valence-electron chi connectivity index (χ2n) is 5.77. The van der Waals surface area contributed by atoms with E-state index in [0.29, 0.717) is 30.2 Å². The molecule has 1 amide bonds. The van der Waals surface area contributed by atoms with E-state index in [1.54, 1.807) is 11.0 Å². The number of carbonyl (C=O) groups excluding carboxylic acids is 1. The Morgan fingerprint density at radius 3 is 2.92 bits per heavy atom. The van der Waals surface area contributed by atoms with Gasteiger partial charge in [-0.25, -0.2) is 4.39 Å². The molecule has 0 radical (unpaired) electrons. The zero-order valence-corrected chi connectivity index (χ0v) is 14.3. The van der Waals surface area contributed by atoms with Gasteiger partial charge in [0.1, 0.15) is 5.82 Å². The number of halogens is 1. The van der Waals surface area contributed by atoms with Crippen LogP contribution < -0.4 is 5.73 Å². The highest BCUT2D eigenvalue weighted by molar-refractivity contribution is 7.99. The van der Waals surface area contributed by atoms with Crippen LogP contribution in [0.5, 0.6) is 0 Å². The number of nitrogens with zero attached hydrogens (tertiary/aromatic N) is 4. The van der Waals surface area contributed by atoms with Gasteiger partial charge in [0.25, 0.3) is 0 Å². The Hall–Kier alpha value is -2.09. The van der Waals surface area contributed by atoms with Crippen LogP contribution in [0, 0.1) is 5.82 Å². The maximum absolute atomic E-state index is 13.3. The first kappa shape index (κ1) is 16.8. The Kier molecular flexibility index (Phi) is 5.03. The fourth-order valence-electron chi connectivity index (χ4n) is 2.51. The van der Waals surface area contributed by atoms with E-state index in [2.05, 4.69) is 10.2 Å². The van der Waals surface area contributed by atoms with Crippen molar-refractivity contribution >= 4 is 23.6 Å². The van der Waals surface area contributed by atoms with Gasteiger partial charge in [-0.1, -0.05) is 23.9 Å². The van der Waals surface area contributed by atoms with Crippen LogP contribution in [0.25, 0.3) is 0 Å². The lowest BCUT2D eigenvalue weighted by molar-refractivity contribution is -0.128. The van der Waals surface area contributed by atoms with Crippen molar-refractivity contribution in [3.05, 3.63) is 35.6 Å². The van der Waals surface area contributed by atoms with Crippen molar-refractivity contribution in [3.8, 4) is 0 Å². The van der Waals surface area contributed by atoms with Gasteiger partial charge in [-0.3, -0.25) is 9.36 Å². The van der Waals surface area contributed by atoms with Crippen LogP contribution >= 0.6 is 11.8 Å². The highest BCUT2D eigenvalue weighted by Crippen LogP contribution is 2.39. The number of anilines is 1. The molecule has 2 N–H and O–H groups in total. The molecular weight excluding hydrogens is 329 g/mol. The molecule has 1 aliphatic carbocycles. The Morgan fingerprint density at radius 1 is 1.46 bits per heavy atom. The first-order valence-electron chi connectivity index (χ1n) is 7.94. The molecule has 0 bridgehead atoms. The highest BCUT2D eigenvalue weighted by Gasteiger charge is 2.29. The maximum atomic E-state index is 13.3. The van der Waals surface area contributed by atoms with Crippen molar-refractivity contribution in [2.45, 2.75) is 37.5 Å². The van der Waals surface area contributed by atoms with E-state index < -0.39 is 0 Å². The fourth-order valence-corrected chi connectivity index (χ4v) is 3.43. The molecule has 1 aliphatic rings. The smallest absolute Gasteiger partial charge is 0.233 e. The molecule has 2 aromatic rings. The zero-order chi connectivity index (χ0) is 17.1. The minimum Gasteiger partial charge on any atom is -0.368 e. The van der Waals surface area contributed by atoms with Crippen LogP contribution in [0.2, 0.25) is 0 Å². The van der Waals surface area contributed by atoms with Crippen LogP contribution in [0.15, 0.2) is 29.4 Å². The first-order chi connectivity index (χ1) is 11.6. The van der Waals surface area contributed by atoms with Crippen LogP contribution in [0.4, 0.5) is 10.3 Å². The van der Waals surface area contributed by atoms with Gasteiger partial charge in [-0.05, 0) is 37.5 Å². The van der Waals surface area contributed by atoms with Gasteiger partial charge >= 0.3 is 0 Å². The van der Waals surface area contributed by atoms with E-state index >= 15 is 0 Å². The Balaban J connectivity index is 1.60. The predicted molar refractivity (Wildman–Crippen MR) is 90.9 cm³/mol. The molecule has 128 valence electrons. The van der Waals surface area contributed by atoms with Crippen molar-refractivity contribution in [1.82, 2.24) is 19.7 Å². The van der Waals surface area contributed by atoms with Gasteiger partial charge in [-0.2, -0.15) is 0 Å². The summed E-state index contributed by atoms with van der Waals surface area (Å²) < 4.78 is 15.2. The van der Waals surface area contributed by atoms with Gasteiger partial charge in [0.05, 0.1) is 5.75 Å². The molecule has 1 saturated carbocycles. The largest absolute Gasteiger partial charge is 0.368 e. The lowest BCUT2D eigenvalue weighted by Crippen LogP contribution is -2.31. The molecule has 0 atom stereocenters. The van der Waals surface area contributed by atoms with E-state index in [0.717, 1.165) is 18.4 Å².